The van der Waals surface area contributed by atoms with Gasteiger partial charge in [-0.2, -0.15) is 0 Å². The predicted octanol–water partition coefficient (Wildman–Crippen LogP) is 4.87. The van der Waals surface area contributed by atoms with Crippen molar-refractivity contribution in [2.45, 2.75) is 64.6 Å². The molecule has 2 amide bonds. The van der Waals surface area contributed by atoms with Crippen molar-refractivity contribution >= 4 is 34.2 Å². The van der Waals surface area contributed by atoms with Gasteiger partial charge in [-0.15, -0.1) is 0 Å². The molecule has 41 heavy (non-hydrogen) atoms. The third kappa shape index (κ3) is 4.73. The van der Waals surface area contributed by atoms with Gasteiger partial charge in [-0.05, 0) is 82.6 Å². The van der Waals surface area contributed by atoms with Gasteiger partial charge in [0.05, 0.1) is 17.3 Å². The van der Waals surface area contributed by atoms with Crippen molar-refractivity contribution in [3.05, 3.63) is 42.2 Å². The van der Waals surface area contributed by atoms with Crippen LogP contribution in [0.25, 0.3) is 33.7 Å². The van der Waals surface area contributed by atoms with E-state index in [9.17, 15) is 9.59 Å². The first-order chi connectivity index (χ1) is 19.7. The van der Waals surface area contributed by atoms with Gasteiger partial charge in [-0.1, -0.05) is 0 Å². The minimum Gasteiger partial charge on any atom is -0.444 e. The lowest BCUT2D eigenvalue weighted by molar-refractivity contribution is 0.0122. The number of imidazole rings is 1. The van der Waals surface area contributed by atoms with Gasteiger partial charge in [-0.3, -0.25) is 4.79 Å². The van der Waals surface area contributed by atoms with Crippen LogP contribution in [0.3, 0.4) is 0 Å². The number of nitrogens with zero attached hydrogens (tertiary/aromatic N) is 7. The maximum atomic E-state index is 13.7. The highest BCUT2D eigenvalue weighted by molar-refractivity contribution is 5.97. The van der Waals surface area contributed by atoms with Gasteiger partial charge >= 0.3 is 6.09 Å². The number of pyridine rings is 2. The van der Waals surface area contributed by atoms with Crippen LogP contribution < -0.4 is 0 Å². The van der Waals surface area contributed by atoms with Crippen molar-refractivity contribution in [2.75, 3.05) is 19.6 Å². The molecule has 4 aromatic heterocycles. The van der Waals surface area contributed by atoms with Crippen LogP contribution in [-0.2, 0) is 18.3 Å². The van der Waals surface area contributed by atoms with Crippen LogP contribution in [0.15, 0.2) is 36.7 Å². The molecule has 0 radical (unpaired) electrons. The SMILES string of the molecule is Cn1c(-c2cc3cccnc3n2CC2CC2)nc2cc(C(=O)N3CC[C@H]4CCN(C(=O)OC(C)(C)C)[C@H]4C3)cnc21. The number of hydrogen-bond acceptors (Lipinski definition) is 6. The number of aryl methyl sites for hydroxylation is 1. The van der Waals surface area contributed by atoms with E-state index < -0.39 is 5.60 Å². The van der Waals surface area contributed by atoms with Gasteiger partial charge < -0.3 is 23.7 Å². The fraction of sp³-hybridized carbons (Fsp3) is 0.516. The topological polar surface area (TPSA) is 98.4 Å². The molecule has 0 spiro atoms. The summed E-state index contributed by atoms with van der Waals surface area (Å²) in [5, 5.41) is 1.09. The summed E-state index contributed by atoms with van der Waals surface area (Å²) >= 11 is 0. The fourth-order valence-electron chi connectivity index (χ4n) is 6.49. The van der Waals surface area contributed by atoms with E-state index in [0.717, 1.165) is 47.6 Å². The first-order valence-corrected chi connectivity index (χ1v) is 14.7. The Morgan fingerprint density at radius 1 is 1.05 bits per heavy atom. The largest absolute Gasteiger partial charge is 0.444 e. The lowest BCUT2D eigenvalue weighted by atomic mass is 9.92. The molecule has 3 fully saturated rings. The molecule has 10 heteroatoms. The molecule has 7 rings (SSSR count). The van der Waals surface area contributed by atoms with Crippen molar-refractivity contribution in [1.29, 1.82) is 0 Å². The van der Waals surface area contributed by atoms with Crippen molar-refractivity contribution in [2.24, 2.45) is 18.9 Å². The molecule has 2 atom stereocenters. The molecule has 1 saturated carbocycles. The summed E-state index contributed by atoms with van der Waals surface area (Å²) in [7, 11) is 1.97. The minimum absolute atomic E-state index is 0.0253. The van der Waals surface area contributed by atoms with Crippen molar-refractivity contribution in [3.8, 4) is 11.5 Å². The number of hydrogen-bond donors (Lipinski definition) is 0. The maximum absolute atomic E-state index is 13.7. The zero-order chi connectivity index (χ0) is 28.5. The number of likely N-dealkylation sites (tertiary alicyclic amines) is 2. The summed E-state index contributed by atoms with van der Waals surface area (Å²) in [5.41, 5.74) is 3.38. The number of fused-ring (bicyclic) bond motifs is 3. The molecule has 3 aliphatic rings. The van der Waals surface area contributed by atoms with Gasteiger partial charge in [0.2, 0.25) is 0 Å². The molecule has 2 saturated heterocycles. The molecule has 2 aliphatic heterocycles. The lowest BCUT2D eigenvalue weighted by Crippen LogP contribution is -2.52. The van der Waals surface area contributed by atoms with Gasteiger partial charge in [0.25, 0.3) is 5.91 Å². The molecule has 1 aliphatic carbocycles. The highest BCUT2D eigenvalue weighted by Crippen LogP contribution is 2.36. The third-order valence-electron chi connectivity index (χ3n) is 8.76. The Morgan fingerprint density at radius 2 is 1.85 bits per heavy atom. The summed E-state index contributed by atoms with van der Waals surface area (Å²) in [6.45, 7) is 8.41. The normalized spacial score (nSPS) is 21.1. The Bertz CT molecular complexity index is 1660. The number of carbonyl (C=O) groups excluding carboxylic acids is 2. The summed E-state index contributed by atoms with van der Waals surface area (Å²) in [4.78, 5) is 44.6. The number of piperidine rings is 1. The van der Waals surface area contributed by atoms with E-state index >= 15 is 0 Å². The van der Waals surface area contributed by atoms with E-state index in [2.05, 4.69) is 21.7 Å². The molecular weight excluding hydrogens is 518 g/mol. The fourth-order valence-corrected chi connectivity index (χ4v) is 6.49. The highest BCUT2D eigenvalue weighted by atomic mass is 16.6. The summed E-state index contributed by atoms with van der Waals surface area (Å²) in [5.74, 6) is 1.81. The van der Waals surface area contributed by atoms with E-state index in [4.69, 9.17) is 14.7 Å². The molecule has 6 heterocycles. The zero-order valence-electron chi connectivity index (χ0n) is 24.2. The number of rotatable bonds is 4. The molecule has 214 valence electrons. The number of aromatic nitrogens is 5. The monoisotopic (exact) mass is 555 g/mol. The molecule has 4 aromatic rings. The van der Waals surface area contributed by atoms with Crippen molar-refractivity contribution in [1.82, 2.24) is 33.9 Å². The van der Waals surface area contributed by atoms with Gasteiger partial charge in [-0.25, -0.2) is 19.7 Å². The molecule has 0 unspecified atom stereocenters. The Hall–Kier alpha value is -3.95. The second kappa shape index (κ2) is 9.56. The van der Waals surface area contributed by atoms with Crippen LogP contribution in [0.1, 0.15) is 56.8 Å². The van der Waals surface area contributed by atoms with Gasteiger partial charge in [0.1, 0.15) is 16.8 Å². The molecule has 0 bridgehead atoms. The van der Waals surface area contributed by atoms with E-state index in [1.807, 2.05) is 60.5 Å². The van der Waals surface area contributed by atoms with Crippen molar-refractivity contribution < 1.29 is 14.3 Å². The number of carbonyl (C=O) groups is 2. The zero-order valence-corrected chi connectivity index (χ0v) is 24.2. The van der Waals surface area contributed by atoms with Crippen LogP contribution in [0.4, 0.5) is 4.79 Å². The second-order valence-corrected chi connectivity index (χ2v) is 12.9. The van der Waals surface area contributed by atoms with Gasteiger partial charge in [0, 0.05) is 51.0 Å². The summed E-state index contributed by atoms with van der Waals surface area (Å²) < 4.78 is 9.94. The Balaban J connectivity index is 1.16. The third-order valence-corrected chi connectivity index (χ3v) is 8.76. The Labute approximate surface area is 239 Å². The number of amides is 2. The molecule has 0 aromatic carbocycles. The van der Waals surface area contributed by atoms with Crippen LogP contribution in [0.5, 0.6) is 0 Å². The van der Waals surface area contributed by atoms with Crippen LogP contribution in [0.2, 0.25) is 0 Å². The van der Waals surface area contributed by atoms with Crippen molar-refractivity contribution in [3.63, 3.8) is 0 Å². The number of ether oxygens (including phenoxy) is 1. The average molecular weight is 556 g/mol. The van der Waals surface area contributed by atoms with E-state index in [0.29, 0.717) is 42.6 Å². The predicted molar refractivity (Wildman–Crippen MR) is 155 cm³/mol. The van der Waals surface area contributed by atoms with E-state index in [1.54, 1.807) is 6.20 Å². The van der Waals surface area contributed by atoms with Crippen LogP contribution >= 0.6 is 0 Å². The maximum Gasteiger partial charge on any atom is 0.410 e. The quantitative estimate of drug-likeness (QED) is 0.357. The smallest absolute Gasteiger partial charge is 0.410 e. The second-order valence-electron chi connectivity index (χ2n) is 12.9. The minimum atomic E-state index is -0.551. The lowest BCUT2D eigenvalue weighted by Gasteiger charge is -2.38. The van der Waals surface area contributed by atoms with E-state index in [-0.39, 0.29) is 18.0 Å². The van der Waals surface area contributed by atoms with Crippen LogP contribution in [0, 0.1) is 11.8 Å². The van der Waals surface area contributed by atoms with Crippen LogP contribution in [-0.4, -0.2) is 77.2 Å². The average Bonchev–Trinajstić information content (AvgIpc) is 3.41. The first kappa shape index (κ1) is 26.0. The highest BCUT2D eigenvalue weighted by Gasteiger charge is 2.43. The molecular formula is C31H37N7O3. The summed E-state index contributed by atoms with van der Waals surface area (Å²) in [6.07, 6.45) is 7.51. The Morgan fingerprint density at radius 3 is 2.63 bits per heavy atom. The first-order valence-electron chi connectivity index (χ1n) is 14.7. The van der Waals surface area contributed by atoms with E-state index in [1.165, 1.54) is 12.8 Å². The standard InChI is InChI=1S/C31H37N7O3/c1-31(2,3)41-30(40)37-13-10-20-9-12-36(18-25(20)37)29(39)22-14-23-27(33-16-22)35(4)28(34-23)24-15-21-6-5-11-32-26(21)38(24)17-19-7-8-19/h5-6,11,14-16,19-20,25H,7-10,12-13,17-18H2,1-4H3/t20-,25-/m0/s1. The summed E-state index contributed by atoms with van der Waals surface area (Å²) in [6, 6.07) is 8.03. The molecule has 0 N–H and O–H groups in total. The van der Waals surface area contributed by atoms with Gasteiger partial charge in [0.15, 0.2) is 11.5 Å². The Kier molecular flexibility index (Phi) is 6.06. The molecule has 10 nitrogen and oxygen atoms in total.